The first-order chi connectivity index (χ1) is 18.1. The lowest BCUT2D eigenvalue weighted by atomic mass is 10.1. The molecule has 0 saturated heterocycles. The van der Waals surface area contributed by atoms with E-state index >= 15 is 0 Å². The summed E-state index contributed by atoms with van der Waals surface area (Å²) >= 11 is 0. The number of esters is 1. The van der Waals surface area contributed by atoms with E-state index in [1.807, 2.05) is 49.4 Å². The summed E-state index contributed by atoms with van der Waals surface area (Å²) in [6, 6.07) is 25.1. The maximum Gasteiger partial charge on any atom is 0.343 e. The van der Waals surface area contributed by atoms with Gasteiger partial charge in [0, 0.05) is 5.39 Å². The Morgan fingerprint density at radius 1 is 0.865 bits per heavy atom. The van der Waals surface area contributed by atoms with Crippen molar-refractivity contribution in [2.24, 2.45) is 5.10 Å². The van der Waals surface area contributed by atoms with Crippen molar-refractivity contribution >= 4 is 28.9 Å². The van der Waals surface area contributed by atoms with Crippen LogP contribution < -0.4 is 24.4 Å². The third-order valence-corrected chi connectivity index (χ3v) is 5.30. The highest BCUT2D eigenvalue weighted by molar-refractivity contribution is 5.92. The molecule has 37 heavy (non-hydrogen) atoms. The molecule has 0 unspecified atom stereocenters. The molecule has 0 atom stereocenters. The molecule has 0 fully saturated rings. The van der Waals surface area contributed by atoms with Gasteiger partial charge in [-0.1, -0.05) is 36.4 Å². The molecule has 4 rings (SSSR count). The predicted molar refractivity (Wildman–Crippen MR) is 141 cm³/mol. The Kier molecular flexibility index (Phi) is 8.33. The van der Waals surface area contributed by atoms with Gasteiger partial charge in [0.2, 0.25) is 0 Å². The molecule has 0 aliphatic carbocycles. The van der Waals surface area contributed by atoms with Crippen molar-refractivity contribution < 1.29 is 28.5 Å². The number of rotatable bonds is 10. The number of methoxy groups -OCH3 is 1. The summed E-state index contributed by atoms with van der Waals surface area (Å²) in [6.07, 6.45) is 1.45. The third kappa shape index (κ3) is 6.64. The van der Waals surface area contributed by atoms with Crippen molar-refractivity contribution in [1.82, 2.24) is 5.43 Å². The molecule has 4 aromatic carbocycles. The second-order valence-corrected chi connectivity index (χ2v) is 7.82. The van der Waals surface area contributed by atoms with Crippen LogP contribution in [0.3, 0.4) is 0 Å². The van der Waals surface area contributed by atoms with Gasteiger partial charge in [0.15, 0.2) is 18.1 Å². The van der Waals surface area contributed by atoms with E-state index < -0.39 is 11.9 Å². The van der Waals surface area contributed by atoms with Crippen molar-refractivity contribution in [3.05, 3.63) is 96.1 Å². The standard InChI is InChI=1S/C29H26N2O6/c1-3-35-23-14-12-22(13-15-23)29(33)37-26-16-11-20(17-27(26)34-2)18-30-31-28(32)19-36-25-10-6-8-21-7-4-5-9-24(21)25/h4-18H,3,19H2,1-2H3,(H,31,32)/b30-18-. The van der Waals surface area contributed by atoms with Crippen LogP contribution in [-0.2, 0) is 4.79 Å². The first kappa shape index (κ1) is 25.2. The van der Waals surface area contributed by atoms with E-state index in [1.54, 1.807) is 42.5 Å². The number of hydrazone groups is 1. The summed E-state index contributed by atoms with van der Waals surface area (Å²) in [7, 11) is 1.47. The molecule has 8 heteroatoms. The van der Waals surface area contributed by atoms with Gasteiger partial charge in [-0.05, 0) is 66.4 Å². The topological polar surface area (TPSA) is 95.5 Å². The van der Waals surface area contributed by atoms with Gasteiger partial charge in [-0.25, -0.2) is 10.2 Å². The Bertz CT molecular complexity index is 1410. The van der Waals surface area contributed by atoms with Gasteiger partial charge in [0.05, 0.1) is 25.5 Å². The van der Waals surface area contributed by atoms with E-state index in [4.69, 9.17) is 18.9 Å². The zero-order chi connectivity index (χ0) is 26.0. The van der Waals surface area contributed by atoms with Crippen LogP contribution in [0.15, 0.2) is 90.0 Å². The molecule has 0 spiro atoms. The van der Waals surface area contributed by atoms with Crippen LogP contribution in [0.1, 0.15) is 22.8 Å². The van der Waals surface area contributed by atoms with E-state index in [1.165, 1.54) is 13.3 Å². The fraction of sp³-hybridized carbons (Fsp3) is 0.138. The highest BCUT2D eigenvalue weighted by Crippen LogP contribution is 2.29. The lowest BCUT2D eigenvalue weighted by Gasteiger charge is -2.10. The van der Waals surface area contributed by atoms with Gasteiger partial charge >= 0.3 is 5.97 Å². The fourth-order valence-electron chi connectivity index (χ4n) is 3.54. The molecule has 0 heterocycles. The molecule has 0 radical (unpaired) electrons. The largest absolute Gasteiger partial charge is 0.494 e. The van der Waals surface area contributed by atoms with Crippen molar-refractivity contribution in [3.63, 3.8) is 0 Å². The minimum Gasteiger partial charge on any atom is -0.494 e. The minimum atomic E-state index is -0.527. The number of nitrogens with zero attached hydrogens (tertiary/aromatic N) is 1. The molecular formula is C29H26N2O6. The van der Waals surface area contributed by atoms with Crippen molar-refractivity contribution in [1.29, 1.82) is 0 Å². The van der Waals surface area contributed by atoms with Crippen LogP contribution in [0.4, 0.5) is 0 Å². The van der Waals surface area contributed by atoms with Gasteiger partial charge in [-0.3, -0.25) is 4.79 Å². The van der Waals surface area contributed by atoms with E-state index in [-0.39, 0.29) is 12.4 Å². The first-order valence-electron chi connectivity index (χ1n) is 11.6. The second-order valence-electron chi connectivity index (χ2n) is 7.82. The zero-order valence-corrected chi connectivity index (χ0v) is 20.5. The Labute approximate surface area is 214 Å². The Hall–Kier alpha value is -4.85. The van der Waals surface area contributed by atoms with Crippen LogP contribution in [0.25, 0.3) is 10.8 Å². The maximum atomic E-state index is 12.5. The number of amides is 1. The Morgan fingerprint density at radius 2 is 1.65 bits per heavy atom. The van der Waals surface area contributed by atoms with Crippen molar-refractivity contribution in [2.75, 3.05) is 20.3 Å². The quantitative estimate of drug-likeness (QED) is 0.143. The summed E-state index contributed by atoms with van der Waals surface area (Å²) < 4.78 is 21.9. The second kappa shape index (κ2) is 12.2. The maximum absolute atomic E-state index is 12.5. The highest BCUT2D eigenvalue weighted by Gasteiger charge is 2.13. The normalized spacial score (nSPS) is 10.8. The average Bonchev–Trinajstić information content (AvgIpc) is 2.93. The summed E-state index contributed by atoms with van der Waals surface area (Å²) in [4.78, 5) is 24.7. The van der Waals surface area contributed by atoms with Gasteiger partial charge in [0.1, 0.15) is 11.5 Å². The van der Waals surface area contributed by atoms with Crippen molar-refractivity contribution in [3.8, 4) is 23.0 Å². The lowest BCUT2D eigenvalue weighted by Crippen LogP contribution is -2.24. The number of hydrogen-bond acceptors (Lipinski definition) is 7. The number of carbonyl (C=O) groups excluding carboxylic acids is 2. The van der Waals surface area contributed by atoms with Gasteiger partial charge in [0.25, 0.3) is 5.91 Å². The Balaban J connectivity index is 1.33. The minimum absolute atomic E-state index is 0.185. The molecule has 0 aromatic heterocycles. The van der Waals surface area contributed by atoms with Crippen molar-refractivity contribution in [2.45, 2.75) is 6.92 Å². The van der Waals surface area contributed by atoms with Gasteiger partial charge in [-0.15, -0.1) is 0 Å². The molecule has 0 aliphatic rings. The van der Waals surface area contributed by atoms with Crippen LogP contribution >= 0.6 is 0 Å². The molecule has 1 N–H and O–H groups in total. The number of hydrogen-bond donors (Lipinski definition) is 1. The number of carbonyl (C=O) groups is 2. The summed E-state index contributed by atoms with van der Waals surface area (Å²) in [6.45, 7) is 2.24. The SMILES string of the molecule is CCOc1ccc(C(=O)Oc2ccc(/C=N\NC(=O)COc3cccc4ccccc34)cc2OC)cc1. The van der Waals surface area contributed by atoms with E-state index in [9.17, 15) is 9.59 Å². The smallest absolute Gasteiger partial charge is 0.343 e. The zero-order valence-electron chi connectivity index (χ0n) is 20.5. The van der Waals surface area contributed by atoms with Gasteiger partial charge < -0.3 is 18.9 Å². The molecule has 188 valence electrons. The Morgan fingerprint density at radius 3 is 2.43 bits per heavy atom. The average molecular weight is 499 g/mol. The van der Waals surface area contributed by atoms with E-state index in [0.29, 0.717) is 35.0 Å². The number of nitrogens with one attached hydrogen (secondary N) is 1. The third-order valence-electron chi connectivity index (χ3n) is 5.30. The first-order valence-corrected chi connectivity index (χ1v) is 11.6. The molecule has 0 saturated carbocycles. The lowest BCUT2D eigenvalue weighted by molar-refractivity contribution is -0.123. The fourth-order valence-corrected chi connectivity index (χ4v) is 3.54. The number of benzene rings is 4. The summed E-state index contributed by atoms with van der Waals surface area (Å²) in [5.74, 6) is 0.961. The molecule has 1 amide bonds. The molecule has 0 bridgehead atoms. The number of ether oxygens (including phenoxy) is 4. The van der Waals surface area contributed by atoms with Gasteiger partial charge in [-0.2, -0.15) is 5.10 Å². The van der Waals surface area contributed by atoms with E-state index in [0.717, 1.165) is 10.8 Å². The van der Waals surface area contributed by atoms with Crippen LogP contribution in [0.5, 0.6) is 23.0 Å². The molecule has 8 nitrogen and oxygen atoms in total. The summed E-state index contributed by atoms with van der Waals surface area (Å²) in [5.41, 5.74) is 3.45. The highest BCUT2D eigenvalue weighted by atomic mass is 16.6. The van der Waals surface area contributed by atoms with Crippen LogP contribution in [0, 0.1) is 0 Å². The molecule has 4 aromatic rings. The summed E-state index contributed by atoms with van der Waals surface area (Å²) in [5, 5.41) is 5.93. The molecular weight excluding hydrogens is 472 g/mol. The predicted octanol–water partition coefficient (Wildman–Crippen LogP) is 5.00. The van der Waals surface area contributed by atoms with E-state index in [2.05, 4.69) is 10.5 Å². The van der Waals surface area contributed by atoms with Crippen LogP contribution in [0.2, 0.25) is 0 Å². The molecule has 0 aliphatic heterocycles. The monoisotopic (exact) mass is 498 g/mol. The number of fused-ring (bicyclic) bond motifs is 1. The van der Waals surface area contributed by atoms with Crippen LogP contribution in [-0.4, -0.2) is 38.4 Å².